The van der Waals surface area contributed by atoms with E-state index in [2.05, 4.69) is 21.2 Å². The summed E-state index contributed by atoms with van der Waals surface area (Å²) in [4.78, 5) is 12.3. The van der Waals surface area contributed by atoms with Crippen LogP contribution < -0.4 is 10.1 Å². The maximum absolute atomic E-state index is 12.3. The fraction of sp³-hybridized carbons (Fsp3) is 0.533. The average Bonchev–Trinajstić information content (AvgIpc) is 2.68. The number of carbonyl (C=O) groups is 1. The summed E-state index contributed by atoms with van der Waals surface area (Å²) >= 11 is 3.42. The van der Waals surface area contributed by atoms with Gasteiger partial charge in [-0.2, -0.15) is 0 Å². The molecule has 1 aromatic rings. The largest absolute Gasteiger partial charge is 0.497 e. The number of carbonyl (C=O) groups excluding carboxylic acids is 1. The maximum atomic E-state index is 12.3. The monoisotopic (exact) mass is 325 g/mol. The smallest absolute Gasteiger partial charge is 0.252 e. The van der Waals surface area contributed by atoms with Crippen LogP contribution in [-0.2, 0) is 0 Å². The predicted octanol–water partition coefficient (Wildman–Crippen LogP) is 3.91. The number of hydrogen-bond donors (Lipinski definition) is 1. The zero-order valence-electron chi connectivity index (χ0n) is 11.2. The molecule has 0 unspecified atom stereocenters. The summed E-state index contributed by atoms with van der Waals surface area (Å²) in [6, 6.07) is 5.77. The van der Waals surface area contributed by atoms with Crippen molar-refractivity contribution in [2.75, 3.05) is 7.11 Å². The van der Waals surface area contributed by atoms with Crippen molar-refractivity contribution in [3.63, 3.8) is 0 Å². The summed E-state index contributed by atoms with van der Waals surface area (Å²) in [5, 5.41) is 3.14. The lowest BCUT2D eigenvalue weighted by atomic mass is 10.1. The van der Waals surface area contributed by atoms with Crippen LogP contribution in [0.25, 0.3) is 0 Å². The first-order chi connectivity index (χ1) is 9.20. The van der Waals surface area contributed by atoms with Crippen molar-refractivity contribution in [1.29, 1.82) is 0 Å². The molecule has 0 aliphatic heterocycles. The number of hydrogen-bond acceptors (Lipinski definition) is 2. The first kappa shape index (κ1) is 14.4. The summed E-state index contributed by atoms with van der Waals surface area (Å²) in [6.07, 6.45) is 7.18. The van der Waals surface area contributed by atoms with Crippen LogP contribution in [0.1, 0.15) is 48.9 Å². The minimum Gasteiger partial charge on any atom is -0.497 e. The van der Waals surface area contributed by atoms with E-state index in [0.29, 0.717) is 17.4 Å². The third-order valence-corrected chi connectivity index (χ3v) is 4.30. The van der Waals surface area contributed by atoms with Crippen LogP contribution in [0.4, 0.5) is 0 Å². The molecule has 2 rings (SSSR count). The van der Waals surface area contributed by atoms with Gasteiger partial charge in [-0.15, -0.1) is 0 Å². The molecule has 1 aromatic carbocycles. The molecule has 4 heteroatoms. The molecule has 1 N–H and O–H groups in total. The van der Waals surface area contributed by atoms with Gasteiger partial charge in [0.05, 0.1) is 12.7 Å². The molecule has 0 saturated heterocycles. The summed E-state index contributed by atoms with van der Waals surface area (Å²) in [7, 11) is 1.61. The summed E-state index contributed by atoms with van der Waals surface area (Å²) in [5.41, 5.74) is 0.642. The molecule has 1 aliphatic rings. The highest BCUT2D eigenvalue weighted by Crippen LogP contribution is 2.23. The molecule has 104 valence electrons. The Morgan fingerprint density at radius 3 is 2.58 bits per heavy atom. The van der Waals surface area contributed by atoms with E-state index >= 15 is 0 Å². The minimum absolute atomic E-state index is 0.0160. The predicted molar refractivity (Wildman–Crippen MR) is 79.7 cm³/mol. The van der Waals surface area contributed by atoms with E-state index in [9.17, 15) is 4.79 Å². The van der Waals surface area contributed by atoms with Gasteiger partial charge in [-0.25, -0.2) is 0 Å². The van der Waals surface area contributed by atoms with E-state index < -0.39 is 0 Å². The van der Waals surface area contributed by atoms with Gasteiger partial charge in [0.1, 0.15) is 5.75 Å². The van der Waals surface area contributed by atoms with Crippen molar-refractivity contribution < 1.29 is 9.53 Å². The van der Waals surface area contributed by atoms with Crippen molar-refractivity contribution in [3.8, 4) is 5.75 Å². The second-order valence-corrected chi connectivity index (χ2v) is 5.86. The topological polar surface area (TPSA) is 38.3 Å². The maximum Gasteiger partial charge on any atom is 0.252 e. The normalized spacial score (nSPS) is 16.7. The Hall–Kier alpha value is -1.03. The van der Waals surface area contributed by atoms with Gasteiger partial charge in [0, 0.05) is 10.5 Å². The molecule has 0 bridgehead atoms. The van der Waals surface area contributed by atoms with Gasteiger partial charge in [-0.3, -0.25) is 4.79 Å². The number of amides is 1. The molecule has 1 fully saturated rings. The number of benzene rings is 1. The Balaban J connectivity index is 2.06. The zero-order valence-corrected chi connectivity index (χ0v) is 12.8. The van der Waals surface area contributed by atoms with E-state index in [1.54, 1.807) is 13.2 Å². The standard InChI is InChI=1S/C15H20BrNO2/c1-19-12-8-9-14(16)13(10-12)15(18)17-11-6-4-2-3-5-7-11/h8-11H,2-7H2,1H3,(H,17,18). The van der Waals surface area contributed by atoms with Crippen molar-refractivity contribution in [3.05, 3.63) is 28.2 Å². The fourth-order valence-electron chi connectivity index (χ4n) is 2.49. The van der Waals surface area contributed by atoms with Crippen LogP contribution in [-0.4, -0.2) is 19.1 Å². The van der Waals surface area contributed by atoms with Gasteiger partial charge in [0.2, 0.25) is 0 Å². The number of nitrogens with one attached hydrogen (secondary N) is 1. The van der Waals surface area contributed by atoms with Crippen molar-refractivity contribution >= 4 is 21.8 Å². The molecule has 0 atom stereocenters. The van der Waals surface area contributed by atoms with Gasteiger partial charge in [-0.1, -0.05) is 25.7 Å². The minimum atomic E-state index is -0.0160. The quantitative estimate of drug-likeness (QED) is 0.855. The van der Waals surface area contributed by atoms with Crippen molar-refractivity contribution in [2.45, 2.75) is 44.6 Å². The Labute approximate surface area is 122 Å². The van der Waals surface area contributed by atoms with Crippen LogP contribution in [0.15, 0.2) is 22.7 Å². The number of halogens is 1. The van der Waals surface area contributed by atoms with Crippen LogP contribution in [0.2, 0.25) is 0 Å². The van der Waals surface area contributed by atoms with E-state index in [1.807, 2.05) is 12.1 Å². The van der Waals surface area contributed by atoms with Crippen molar-refractivity contribution in [1.82, 2.24) is 5.32 Å². The summed E-state index contributed by atoms with van der Waals surface area (Å²) in [6.45, 7) is 0. The summed E-state index contributed by atoms with van der Waals surface area (Å²) < 4.78 is 5.97. The molecule has 0 spiro atoms. The van der Waals surface area contributed by atoms with Crippen LogP contribution in [0.5, 0.6) is 5.75 Å². The second-order valence-electron chi connectivity index (χ2n) is 5.01. The van der Waals surface area contributed by atoms with Crippen LogP contribution in [0.3, 0.4) is 0 Å². The molecule has 1 aliphatic carbocycles. The molecular formula is C15H20BrNO2. The van der Waals surface area contributed by atoms with Gasteiger partial charge in [0.15, 0.2) is 0 Å². The lowest BCUT2D eigenvalue weighted by Crippen LogP contribution is -2.34. The lowest BCUT2D eigenvalue weighted by molar-refractivity contribution is 0.0932. The van der Waals surface area contributed by atoms with Gasteiger partial charge >= 0.3 is 0 Å². The highest BCUT2D eigenvalue weighted by atomic mass is 79.9. The Morgan fingerprint density at radius 1 is 1.26 bits per heavy atom. The molecule has 0 aromatic heterocycles. The second kappa shape index (κ2) is 6.94. The average molecular weight is 326 g/mol. The molecular weight excluding hydrogens is 306 g/mol. The third-order valence-electron chi connectivity index (χ3n) is 3.61. The highest BCUT2D eigenvalue weighted by Gasteiger charge is 2.17. The first-order valence-corrected chi connectivity index (χ1v) is 7.64. The van der Waals surface area contributed by atoms with Crippen LogP contribution >= 0.6 is 15.9 Å². The molecule has 0 heterocycles. The van der Waals surface area contributed by atoms with Crippen LogP contribution in [0, 0.1) is 0 Å². The Morgan fingerprint density at radius 2 is 1.95 bits per heavy atom. The van der Waals surface area contributed by atoms with Gasteiger partial charge in [-0.05, 0) is 47.0 Å². The van der Waals surface area contributed by atoms with Crippen molar-refractivity contribution in [2.24, 2.45) is 0 Å². The lowest BCUT2D eigenvalue weighted by Gasteiger charge is -2.17. The Bertz CT molecular complexity index is 440. The van der Waals surface area contributed by atoms with E-state index in [1.165, 1.54) is 25.7 Å². The van der Waals surface area contributed by atoms with Gasteiger partial charge in [0.25, 0.3) is 5.91 Å². The van der Waals surface area contributed by atoms with E-state index in [0.717, 1.165) is 17.3 Å². The van der Waals surface area contributed by atoms with E-state index in [4.69, 9.17) is 4.74 Å². The Kier molecular flexibility index (Phi) is 5.25. The number of methoxy groups -OCH3 is 1. The third kappa shape index (κ3) is 3.96. The van der Waals surface area contributed by atoms with Gasteiger partial charge < -0.3 is 10.1 Å². The molecule has 19 heavy (non-hydrogen) atoms. The first-order valence-electron chi connectivity index (χ1n) is 6.85. The molecule has 0 radical (unpaired) electrons. The molecule has 3 nitrogen and oxygen atoms in total. The summed E-state index contributed by atoms with van der Waals surface area (Å²) in [5.74, 6) is 0.687. The highest BCUT2D eigenvalue weighted by molar-refractivity contribution is 9.10. The molecule has 1 amide bonds. The fourth-order valence-corrected chi connectivity index (χ4v) is 2.92. The number of ether oxygens (including phenoxy) is 1. The number of rotatable bonds is 3. The molecule has 1 saturated carbocycles. The SMILES string of the molecule is COc1ccc(Br)c(C(=O)NC2CCCCCC2)c1. The van der Waals surface area contributed by atoms with E-state index in [-0.39, 0.29) is 5.91 Å². The zero-order chi connectivity index (χ0) is 13.7.